The Morgan fingerprint density at radius 2 is 1.14 bits per heavy atom. The highest BCUT2D eigenvalue weighted by Crippen LogP contribution is 2.17. The summed E-state index contributed by atoms with van der Waals surface area (Å²) in [6.07, 6.45) is 6.94. The van der Waals surface area contributed by atoms with Crippen LogP contribution in [0.25, 0.3) is 0 Å². The maximum absolute atomic E-state index is 11.2. The fourth-order valence-electron chi connectivity index (χ4n) is 4.48. The second kappa shape index (κ2) is 16.3. The van der Waals surface area contributed by atoms with Crippen LogP contribution in [0.15, 0.2) is 11.8 Å². The first-order valence-corrected chi connectivity index (χ1v) is 12.4. The number of nitrogens with two attached hydrogens (primary N) is 3. The standard InChI is InChI=1S/2C8H14N2O2.C8H12N2O2.CH4/c3*1-2-6(8(9)12)10-5-3-4-7(10)11;/h2*6H,2-5H2,1H3,(H2,9,12);2H,3-5H2,1H3,(H2,9,12);1H4/t6-;;;/m0.../s1. The Balaban J connectivity index is 0.000000518. The van der Waals surface area contributed by atoms with Crippen LogP contribution in [-0.4, -0.2) is 81.9 Å². The SMILES string of the molecule is C.CC=C(C(N)=O)N1CCCC1=O.CCC(C(N)=O)N1CCCC1=O.CC[C@@H](C(N)=O)N1CCCC1=O. The van der Waals surface area contributed by atoms with Crippen LogP contribution in [0.5, 0.6) is 0 Å². The van der Waals surface area contributed by atoms with Crippen molar-refractivity contribution in [2.75, 3.05) is 19.6 Å². The summed E-state index contributed by atoms with van der Waals surface area (Å²) in [7, 11) is 0. The smallest absolute Gasteiger partial charge is 0.265 e. The van der Waals surface area contributed by atoms with Gasteiger partial charge in [0.25, 0.3) is 5.91 Å². The Bertz CT molecular complexity index is 830. The molecule has 3 rings (SSSR count). The number of likely N-dealkylation sites (tertiary alicyclic amines) is 3. The molecule has 0 bridgehead atoms. The molecule has 3 fully saturated rings. The zero-order valence-electron chi connectivity index (χ0n) is 21.5. The van der Waals surface area contributed by atoms with Crippen LogP contribution < -0.4 is 17.2 Å². The van der Waals surface area contributed by atoms with Gasteiger partial charge in [0, 0.05) is 38.9 Å². The fourth-order valence-corrected chi connectivity index (χ4v) is 4.48. The molecule has 0 saturated carbocycles. The summed E-state index contributed by atoms with van der Waals surface area (Å²) >= 11 is 0. The van der Waals surface area contributed by atoms with Gasteiger partial charge in [0.15, 0.2) is 0 Å². The summed E-state index contributed by atoms with van der Waals surface area (Å²) in [5, 5.41) is 0. The zero-order chi connectivity index (χ0) is 27.4. The predicted molar refractivity (Wildman–Crippen MR) is 139 cm³/mol. The van der Waals surface area contributed by atoms with E-state index >= 15 is 0 Å². The van der Waals surface area contributed by atoms with E-state index in [2.05, 4.69) is 0 Å². The Morgan fingerprint density at radius 1 is 0.757 bits per heavy atom. The van der Waals surface area contributed by atoms with Crippen molar-refractivity contribution in [3.05, 3.63) is 11.8 Å². The number of hydrogen-bond donors (Lipinski definition) is 3. The molecule has 1 unspecified atom stereocenters. The van der Waals surface area contributed by atoms with E-state index in [1.165, 1.54) is 4.90 Å². The van der Waals surface area contributed by atoms with Crippen molar-refractivity contribution in [2.45, 2.75) is 91.6 Å². The van der Waals surface area contributed by atoms with Gasteiger partial charge in [-0.25, -0.2) is 0 Å². The molecule has 0 aliphatic carbocycles. The average Bonchev–Trinajstić information content (AvgIpc) is 3.54. The van der Waals surface area contributed by atoms with E-state index in [1.54, 1.807) is 22.8 Å². The Labute approximate surface area is 219 Å². The lowest BCUT2D eigenvalue weighted by molar-refractivity contribution is -0.136. The third kappa shape index (κ3) is 9.51. The highest BCUT2D eigenvalue weighted by atomic mass is 16.2. The average molecular weight is 525 g/mol. The van der Waals surface area contributed by atoms with E-state index < -0.39 is 17.7 Å². The minimum absolute atomic E-state index is 0. The number of primary amides is 3. The molecular formula is C25H44N6O6. The molecule has 12 heteroatoms. The van der Waals surface area contributed by atoms with Crippen molar-refractivity contribution in [3.63, 3.8) is 0 Å². The summed E-state index contributed by atoms with van der Waals surface area (Å²) in [6.45, 7) is 7.40. The molecule has 6 amide bonds. The first-order valence-electron chi connectivity index (χ1n) is 12.4. The minimum Gasteiger partial charge on any atom is -0.368 e. The van der Waals surface area contributed by atoms with Gasteiger partial charge in [-0.1, -0.05) is 27.4 Å². The third-order valence-corrected chi connectivity index (χ3v) is 6.29. The van der Waals surface area contributed by atoms with E-state index in [-0.39, 0.29) is 37.2 Å². The topological polar surface area (TPSA) is 190 Å². The zero-order valence-corrected chi connectivity index (χ0v) is 21.5. The molecule has 37 heavy (non-hydrogen) atoms. The number of carbonyl (C=O) groups excluding carboxylic acids is 6. The van der Waals surface area contributed by atoms with Gasteiger partial charge in [0.1, 0.15) is 17.8 Å². The van der Waals surface area contributed by atoms with Gasteiger partial charge in [-0.3, -0.25) is 28.8 Å². The first kappa shape index (κ1) is 33.6. The summed E-state index contributed by atoms with van der Waals surface area (Å²) in [5.41, 5.74) is 15.7. The Kier molecular flexibility index (Phi) is 14.8. The van der Waals surface area contributed by atoms with Crippen LogP contribution in [0.3, 0.4) is 0 Å². The molecule has 0 aromatic rings. The number of amides is 6. The van der Waals surface area contributed by atoms with Crippen LogP contribution in [0, 0.1) is 0 Å². The summed E-state index contributed by atoms with van der Waals surface area (Å²) < 4.78 is 0. The number of hydrogen-bond acceptors (Lipinski definition) is 6. The maximum atomic E-state index is 11.2. The monoisotopic (exact) mass is 524 g/mol. The van der Waals surface area contributed by atoms with Crippen LogP contribution >= 0.6 is 0 Å². The van der Waals surface area contributed by atoms with Gasteiger partial charge in [0.05, 0.1) is 0 Å². The third-order valence-electron chi connectivity index (χ3n) is 6.29. The van der Waals surface area contributed by atoms with E-state index in [1.807, 2.05) is 13.8 Å². The molecule has 3 aliphatic heterocycles. The molecule has 3 aliphatic rings. The lowest BCUT2D eigenvalue weighted by Gasteiger charge is -2.23. The molecule has 3 saturated heterocycles. The number of nitrogens with zero attached hydrogens (tertiary/aromatic N) is 3. The molecule has 12 nitrogen and oxygen atoms in total. The first-order chi connectivity index (χ1) is 17.0. The largest absolute Gasteiger partial charge is 0.368 e. The Morgan fingerprint density at radius 3 is 1.35 bits per heavy atom. The normalized spacial score (nSPS) is 18.8. The number of allylic oxidation sites excluding steroid dienone is 1. The van der Waals surface area contributed by atoms with Crippen molar-refractivity contribution < 1.29 is 28.8 Å². The highest BCUT2D eigenvalue weighted by Gasteiger charge is 2.31. The van der Waals surface area contributed by atoms with Crippen LogP contribution in [0.1, 0.15) is 79.6 Å². The van der Waals surface area contributed by atoms with E-state index in [0.717, 1.165) is 19.3 Å². The summed E-state index contributed by atoms with van der Waals surface area (Å²) in [5.74, 6) is -1.23. The fraction of sp³-hybridized carbons (Fsp3) is 0.680. The molecule has 6 N–H and O–H groups in total. The van der Waals surface area contributed by atoms with E-state index in [9.17, 15) is 28.8 Å². The van der Waals surface area contributed by atoms with Crippen molar-refractivity contribution in [1.82, 2.24) is 14.7 Å². The molecule has 0 aromatic carbocycles. The summed E-state index contributed by atoms with van der Waals surface area (Å²) in [6, 6.07) is -0.778. The van der Waals surface area contributed by atoms with E-state index in [0.29, 0.717) is 57.4 Å². The predicted octanol–water partition coefficient (Wildman–Crippen LogP) is 0.379. The number of rotatable bonds is 8. The molecule has 2 atom stereocenters. The minimum atomic E-state index is -0.534. The van der Waals surface area contributed by atoms with Gasteiger partial charge in [-0.05, 0) is 39.0 Å². The molecule has 0 radical (unpaired) electrons. The van der Waals surface area contributed by atoms with Crippen molar-refractivity contribution in [3.8, 4) is 0 Å². The number of carbonyl (C=O) groups is 6. The van der Waals surface area contributed by atoms with Crippen molar-refractivity contribution >= 4 is 35.4 Å². The van der Waals surface area contributed by atoms with Crippen LogP contribution in [-0.2, 0) is 28.8 Å². The second-order valence-electron chi connectivity index (χ2n) is 8.72. The Hall–Kier alpha value is -3.44. The molecule has 3 heterocycles. The van der Waals surface area contributed by atoms with E-state index in [4.69, 9.17) is 17.2 Å². The summed E-state index contributed by atoms with van der Waals surface area (Å²) in [4.78, 5) is 70.8. The quantitative estimate of drug-likeness (QED) is 0.384. The second-order valence-corrected chi connectivity index (χ2v) is 8.72. The van der Waals surface area contributed by atoms with Crippen LogP contribution in [0.2, 0.25) is 0 Å². The highest BCUT2D eigenvalue weighted by molar-refractivity contribution is 5.96. The van der Waals surface area contributed by atoms with Crippen LogP contribution in [0.4, 0.5) is 0 Å². The van der Waals surface area contributed by atoms with Gasteiger partial charge in [-0.15, -0.1) is 0 Å². The molecule has 0 aromatic heterocycles. The van der Waals surface area contributed by atoms with Gasteiger partial charge >= 0.3 is 0 Å². The maximum Gasteiger partial charge on any atom is 0.265 e. The van der Waals surface area contributed by atoms with Crippen molar-refractivity contribution in [1.29, 1.82) is 0 Å². The molecular weight excluding hydrogens is 480 g/mol. The lowest BCUT2D eigenvalue weighted by Crippen LogP contribution is -2.44. The lowest BCUT2D eigenvalue weighted by atomic mass is 10.2. The van der Waals surface area contributed by atoms with Gasteiger partial charge in [-0.2, -0.15) is 0 Å². The molecule has 0 spiro atoms. The van der Waals surface area contributed by atoms with Crippen molar-refractivity contribution in [2.24, 2.45) is 17.2 Å². The van der Waals surface area contributed by atoms with Gasteiger partial charge in [0.2, 0.25) is 29.5 Å². The van der Waals surface area contributed by atoms with Gasteiger partial charge < -0.3 is 31.9 Å². The molecule has 210 valence electrons.